The van der Waals surface area contributed by atoms with E-state index in [-0.39, 0.29) is 5.97 Å². The summed E-state index contributed by atoms with van der Waals surface area (Å²) >= 11 is 1.45. The minimum atomic E-state index is -0.732. The Balaban J connectivity index is 2.12. The van der Waals surface area contributed by atoms with Crippen LogP contribution in [0.15, 0.2) is 47.8 Å². The van der Waals surface area contributed by atoms with Crippen molar-refractivity contribution in [2.45, 2.75) is 37.3 Å². The zero-order chi connectivity index (χ0) is 19.6. The van der Waals surface area contributed by atoms with Gasteiger partial charge in [-0.2, -0.15) is 5.26 Å². The number of thioether (sulfide) groups is 1. The van der Waals surface area contributed by atoms with Crippen molar-refractivity contribution in [3.05, 3.63) is 54.0 Å². The van der Waals surface area contributed by atoms with E-state index in [9.17, 15) is 10.1 Å². The number of aryl methyl sites for hydroxylation is 1. The highest BCUT2D eigenvalue weighted by molar-refractivity contribution is 8.01. The molecule has 0 aromatic carbocycles. The van der Waals surface area contributed by atoms with Crippen LogP contribution in [0.1, 0.15) is 31.9 Å². The third kappa shape index (κ3) is 3.69. The van der Waals surface area contributed by atoms with Gasteiger partial charge in [-0.15, -0.1) is 11.8 Å². The third-order valence-corrected chi connectivity index (χ3v) is 5.46. The maximum absolute atomic E-state index is 12.3. The monoisotopic (exact) mass is 379 g/mol. The van der Waals surface area contributed by atoms with Crippen LogP contribution in [0.25, 0.3) is 16.8 Å². The van der Waals surface area contributed by atoms with Crippen molar-refractivity contribution in [1.82, 2.24) is 9.38 Å². The van der Waals surface area contributed by atoms with E-state index in [0.29, 0.717) is 12.2 Å². The van der Waals surface area contributed by atoms with E-state index >= 15 is 0 Å². The number of ether oxygens (including phenoxy) is 1. The molecule has 3 rings (SSSR count). The van der Waals surface area contributed by atoms with Gasteiger partial charge < -0.3 is 9.14 Å². The topological polar surface area (TPSA) is 67.4 Å². The molecule has 0 bridgehead atoms. The van der Waals surface area contributed by atoms with Crippen LogP contribution in [0.5, 0.6) is 0 Å². The molecule has 0 radical (unpaired) electrons. The number of nitrogens with zero attached hydrogens (tertiary/aromatic N) is 3. The minimum absolute atomic E-state index is 0.250. The highest BCUT2D eigenvalue weighted by Gasteiger charge is 2.31. The van der Waals surface area contributed by atoms with Crippen LogP contribution >= 0.6 is 11.8 Å². The summed E-state index contributed by atoms with van der Waals surface area (Å²) in [4.78, 5) is 17.5. The first-order chi connectivity index (χ1) is 12.9. The van der Waals surface area contributed by atoms with Gasteiger partial charge >= 0.3 is 5.97 Å². The van der Waals surface area contributed by atoms with Crippen molar-refractivity contribution in [2.24, 2.45) is 0 Å². The molecule has 3 aromatic rings. The molecule has 138 valence electrons. The number of hydrogen-bond acceptors (Lipinski definition) is 5. The highest BCUT2D eigenvalue weighted by Crippen LogP contribution is 2.39. The summed E-state index contributed by atoms with van der Waals surface area (Å²) in [6.45, 7) is 7.87. The van der Waals surface area contributed by atoms with Gasteiger partial charge in [-0.3, -0.25) is 9.78 Å². The average Bonchev–Trinajstić information content (AvgIpc) is 3.03. The van der Waals surface area contributed by atoms with Gasteiger partial charge in [0.15, 0.2) is 0 Å². The standard InChI is InChI=1S/C21H21N3O2S/c1-5-26-20(25)21(3,4)27-19-8-9-23-12-16(19)17-7-6-15(11-22)18-10-14(2)13-24(17)18/h6-10,12-13H,5H2,1-4H3. The van der Waals surface area contributed by atoms with Gasteiger partial charge in [-0.25, -0.2) is 0 Å². The number of esters is 1. The van der Waals surface area contributed by atoms with E-state index in [0.717, 1.165) is 27.2 Å². The van der Waals surface area contributed by atoms with Gasteiger partial charge in [0.25, 0.3) is 0 Å². The van der Waals surface area contributed by atoms with Gasteiger partial charge in [-0.1, -0.05) is 0 Å². The molecule has 0 aliphatic heterocycles. The Kier molecular flexibility index (Phi) is 5.24. The summed E-state index contributed by atoms with van der Waals surface area (Å²) in [6, 6.07) is 9.88. The van der Waals surface area contributed by atoms with E-state index < -0.39 is 4.75 Å². The van der Waals surface area contributed by atoms with E-state index in [1.54, 1.807) is 19.3 Å². The maximum Gasteiger partial charge on any atom is 0.321 e. The van der Waals surface area contributed by atoms with Crippen LogP contribution in [0, 0.1) is 18.3 Å². The Morgan fingerprint density at radius 2 is 2.15 bits per heavy atom. The smallest absolute Gasteiger partial charge is 0.321 e. The molecule has 0 aliphatic rings. The summed E-state index contributed by atoms with van der Waals surface area (Å²) in [5.74, 6) is -0.250. The van der Waals surface area contributed by atoms with Crippen molar-refractivity contribution < 1.29 is 9.53 Å². The van der Waals surface area contributed by atoms with E-state index in [1.165, 1.54) is 11.8 Å². The van der Waals surface area contributed by atoms with Crippen LogP contribution in [0.2, 0.25) is 0 Å². The molecule has 27 heavy (non-hydrogen) atoms. The zero-order valence-corrected chi connectivity index (χ0v) is 16.6. The van der Waals surface area contributed by atoms with E-state index in [1.807, 2.05) is 55.6 Å². The summed E-state index contributed by atoms with van der Waals surface area (Å²) in [6.07, 6.45) is 5.51. The van der Waals surface area contributed by atoms with Crippen molar-refractivity contribution in [3.63, 3.8) is 0 Å². The second-order valence-corrected chi connectivity index (χ2v) is 8.39. The number of rotatable bonds is 5. The van der Waals surface area contributed by atoms with Crippen molar-refractivity contribution in [1.29, 1.82) is 5.26 Å². The molecule has 0 fully saturated rings. The lowest BCUT2D eigenvalue weighted by atomic mass is 10.1. The second-order valence-electron chi connectivity index (χ2n) is 6.72. The lowest BCUT2D eigenvalue weighted by molar-refractivity contribution is -0.145. The third-order valence-electron chi connectivity index (χ3n) is 4.21. The Labute approximate surface area is 163 Å². The number of carbonyl (C=O) groups excluding carboxylic acids is 1. The molecular formula is C21H21N3O2S. The van der Waals surface area contributed by atoms with Gasteiger partial charge in [0.2, 0.25) is 0 Å². The van der Waals surface area contributed by atoms with Crippen molar-refractivity contribution in [3.8, 4) is 17.3 Å². The minimum Gasteiger partial charge on any atom is -0.465 e. The van der Waals surface area contributed by atoms with Crippen molar-refractivity contribution in [2.75, 3.05) is 6.61 Å². The molecule has 0 unspecified atom stereocenters. The molecular weight excluding hydrogens is 358 g/mol. The largest absolute Gasteiger partial charge is 0.465 e. The molecule has 3 aromatic heterocycles. The number of fused-ring (bicyclic) bond motifs is 1. The Bertz CT molecular complexity index is 1050. The Morgan fingerprint density at radius 1 is 1.37 bits per heavy atom. The molecule has 0 aliphatic carbocycles. The van der Waals surface area contributed by atoms with E-state index in [2.05, 4.69) is 11.1 Å². The summed E-state index contributed by atoms with van der Waals surface area (Å²) < 4.78 is 6.49. The normalized spacial score (nSPS) is 11.4. The Hall–Kier alpha value is -2.78. The molecule has 6 heteroatoms. The predicted octanol–water partition coefficient (Wildman–Crippen LogP) is 4.62. The van der Waals surface area contributed by atoms with Gasteiger partial charge in [0.1, 0.15) is 10.8 Å². The Morgan fingerprint density at radius 3 is 2.85 bits per heavy atom. The number of pyridine rings is 2. The number of hydrogen-bond donors (Lipinski definition) is 0. The first kappa shape index (κ1) is 19.0. The van der Waals surface area contributed by atoms with Gasteiger partial charge in [0.05, 0.1) is 23.4 Å². The second kappa shape index (κ2) is 7.45. The fourth-order valence-corrected chi connectivity index (χ4v) is 4.02. The molecule has 0 spiro atoms. The number of nitriles is 1. The van der Waals surface area contributed by atoms with Crippen molar-refractivity contribution >= 4 is 23.2 Å². The summed E-state index contributed by atoms with van der Waals surface area (Å²) in [5, 5.41) is 9.39. The summed E-state index contributed by atoms with van der Waals surface area (Å²) in [5.41, 5.74) is 4.38. The van der Waals surface area contributed by atoms with Crippen LogP contribution in [0.4, 0.5) is 0 Å². The molecule has 0 atom stereocenters. The lowest BCUT2D eigenvalue weighted by Gasteiger charge is -2.23. The average molecular weight is 379 g/mol. The van der Waals surface area contributed by atoms with Gasteiger partial charge in [-0.05, 0) is 57.5 Å². The predicted molar refractivity (Wildman–Crippen MR) is 107 cm³/mol. The zero-order valence-electron chi connectivity index (χ0n) is 15.8. The molecule has 3 heterocycles. The first-order valence-electron chi connectivity index (χ1n) is 8.70. The molecule has 0 amide bonds. The van der Waals surface area contributed by atoms with Gasteiger partial charge in [0, 0.05) is 29.0 Å². The quantitative estimate of drug-likeness (QED) is 0.478. The molecule has 0 N–H and O–H groups in total. The van der Waals surface area contributed by atoms with Crippen LogP contribution in [-0.4, -0.2) is 26.7 Å². The summed E-state index contributed by atoms with van der Waals surface area (Å²) in [7, 11) is 0. The van der Waals surface area contributed by atoms with Crippen LogP contribution < -0.4 is 0 Å². The van der Waals surface area contributed by atoms with Crippen LogP contribution in [0.3, 0.4) is 0 Å². The number of carbonyl (C=O) groups is 1. The fraction of sp³-hybridized carbons (Fsp3) is 0.286. The lowest BCUT2D eigenvalue weighted by Crippen LogP contribution is -2.30. The maximum atomic E-state index is 12.3. The molecule has 0 saturated carbocycles. The molecule has 0 saturated heterocycles. The van der Waals surface area contributed by atoms with E-state index in [4.69, 9.17) is 4.74 Å². The number of aromatic nitrogens is 2. The highest BCUT2D eigenvalue weighted by atomic mass is 32.2. The fourth-order valence-electron chi connectivity index (χ4n) is 2.93. The SMILES string of the molecule is CCOC(=O)C(C)(C)Sc1ccncc1-c1ccc(C#N)c2cc(C)cn12. The first-order valence-corrected chi connectivity index (χ1v) is 9.51. The van der Waals surface area contributed by atoms with Crippen LogP contribution in [-0.2, 0) is 9.53 Å². The molecule has 5 nitrogen and oxygen atoms in total.